The third kappa shape index (κ3) is 4.58. The standard InChI is InChI=1S/C18H17N3O3/c1-23-16-8-7-15(9-17(16)24-2)10-18(22)21-20-12-14-5-3-13(11-19)4-6-14/h3-9,12H,10H2,1-2H3,(H,21,22)/b20-12+. The molecule has 0 bridgehead atoms. The van der Waals surface area contributed by atoms with Gasteiger partial charge in [-0.2, -0.15) is 10.4 Å². The number of benzene rings is 2. The van der Waals surface area contributed by atoms with Gasteiger partial charge in [-0.3, -0.25) is 4.79 Å². The van der Waals surface area contributed by atoms with Gasteiger partial charge in [0.2, 0.25) is 5.91 Å². The van der Waals surface area contributed by atoms with E-state index < -0.39 is 0 Å². The molecule has 0 spiro atoms. The molecule has 0 aliphatic heterocycles. The molecule has 0 atom stereocenters. The normalized spacial score (nSPS) is 10.2. The van der Waals surface area contributed by atoms with E-state index in [-0.39, 0.29) is 12.3 Å². The van der Waals surface area contributed by atoms with Gasteiger partial charge in [-0.15, -0.1) is 0 Å². The zero-order valence-corrected chi connectivity index (χ0v) is 13.4. The van der Waals surface area contributed by atoms with Crippen LogP contribution in [0, 0.1) is 11.3 Å². The first kappa shape index (κ1) is 17.0. The highest BCUT2D eigenvalue weighted by Gasteiger charge is 2.07. The van der Waals surface area contributed by atoms with Gasteiger partial charge < -0.3 is 9.47 Å². The number of nitrogens with one attached hydrogen (secondary N) is 1. The Morgan fingerprint density at radius 3 is 2.50 bits per heavy atom. The van der Waals surface area contributed by atoms with E-state index in [4.69, 9.17) is 14.7 Å². The molecule has 1 amide bonds. The molecule has 0 radical (unpaired) electrons. The lowest BCUT2D eigenvalue weighted by Gasteiger charge is -2.09. The minimum atomic E-state index is -0.243. The second kappa shape index (κ2) is 8.34. The van der Waals surface area contributed by atoms with Crippen LogP contribution in [-0.4, -0.2) is 26.3 Å². The number of carbonyl (C=O) groups is 1. The molecule has 2 aromatic carbocycles. The number of hydrogen-bond donors (Lipinski definition) is 1. The van der Waals surface area contributed by atoms with Gasteiger partial charge in [0.1, 0.15) is 0 Å². The van der Waals surface area contributed by atoms with Crippen molar-refractivity contribution in [2.75, 3.05) is 14.2 Å². The van der Waals surface area contributed by atoms with E-state index in [1.165, 1.54) is 6.21 Å². The Morgan fingerprint density at radius 2 is 1.88 bits per heavy atom. The van der Waals surface area contributed by atoms with Gasteiger partial charge in [0.25, 0.3) is 0 Å². The number of nitrogens with zero attached hydrogens (tertiary/aromatic N) is 2. The van der Waals surface area contributed by atoms with E-state index in [2.05, 4.69) is 10.5 Å². The van der Waals surface area contributed by atoms with Crippen LogP contribution in [0.15, 0.2) is 47.6 Å². The molecule has 0 fully saturated rings. The van der Waals surface area contributed by atoms with E-state index in [0.29, 0.717) is 17.1 Å². The smallest absolute Gasteiger partial charge is 0.244 e. The largest absolute Gasteiger partial charge is 0.493 e. The average Bonchev–Trinajstić information content (AvgIpc) is 2.62. The van der Waals surface area contributed by atoms with E-state index in [0.717, 1.165) is 11.1 Å². The molecule has 0 saturated heterocycles. The van der Waals surface area contributed by atoms with E-state index in [1.807, 2.05) is 6.07 Å². The van der Waals surface area contributed by atoms with E-state index in [1.54, 1.807) is 56.7 Å². The van der Waals surface area contributed by atoms with Crippen LogP contribution in [0.1, 0.15) is 16.7 Å². The molecule has 24 heavy (non-hydrogen) atoms. The Bertz CT molecular complexity index is 777. The molecule has 6 heteroatoms. The summed E-state index contributed by atoms with van der Waals surface area (Å²) in [6.07, 6.45) is 1.69. The summed E-state index contributed by atoms with van der Waals surface area (Å²) in [6.45, 7) is 0. The van der Waals surface area contributed by atoms with Gasteiger partial charge in [0.05, 0.1) is 38.5 Å². The number of methoxy groups -OCH3 is 2. The molecule has 122 valence electrons. The monoisotopic (exact) mass is 323 g/mol. The third-order valence-electron chi connectivity index (χ3n) is 3.26. The summed E-state index contributed by atoms with van der Waals surface area (Å²) in [5, 5.41) is 12.6. The molecule has 2 rings (SSSR count). The topological polar surface area (TPSA) is 83.7 Å². The van der Waals surface area contributed by atoms with Gasteiger partial charge in [-0.05, 0) is 35.4 Å². The molecule has 1 N–H and O–H groups in total. The van der Waals surface area contributed by atoms with Crippen LogP contribution >= 0.6 is 0 Å². The number of rotatable bonds is 6. The van der Waals surface area contributed by atoms with Crippen molar-refractivity contribution in [3.63, 3.8) is 0 Å². The fraction of sp³-hybridized carbons (Fsp3) is 0.167. The first-order valence-electron chi connectivity index (χ1n) is 7.19. The minimum Gasteiger partial charge on any atom is -0.493 e. The molecule has 6 nitrogen and oxygen atoms in total. The first-order chi connectivity index (χ1) is 11.7. The van der Waals surface area contributed by atoms with Crippen molar-refractivity contribution in [1.29, 1.82) is 5.26 Å². The molecular formula is C18H17N3O3. The maximum absolute atomic E-state index is 11.9. The van der Waals surface area contributed by atoms with Crippen molar-refractivity contribution < 1.29 is 14.3 Å². The van der Waals surface area contributed by atoms with Crippen molar-refractivity contribution in [3.05, 3.63) is 59.2 Å². The van der Waals surface area contributed by atoms with E-state index in [9.17, 15) is 4.79 Å². The molecule has 0 aliphatic carbocycles. The highest BCUT2D eigenvalue weighted by atomic mass is 16.5. The minimum absolute atomic E-state index is 0.172. The Kier molecular flexibility index (Phi) is 5.92. The summed E-state index contributed by atoms with van der Waals surface area (Å²) >= 11 is 0. The molecular weight excluding hydrogens is 306 g/mol. The zero-order valence-electron chi connectivity index (χ0n) is 13.4. The molecule has 0 saturated carbocycles. The Labute approximate surface area is 140 Å². The van der Waals surface area contributed by atoms with Crippen LogP contribution in [0.3, 0.4) is 0 Å². The predicted molar refractivity (Wildman–Crippen MR) is 90.1 cm³/mol. The average molecular weight is 323 g/mol. The molecule has 0 unspecified atom stereocenters. The number of ether oxygens (including phenoxy) is 2. The van der Waals surface area contributed by atoms with Crippen LogP contribution < -0.4 is 14.9 Å². The van der Waals surface area contributed by atoms with Gasteiger partial charge in [-0.25, -0.2) is 5.43 Å². The summed E-state index contributed by atoms with van der Waals surface area (Å²) in [4.78, 5) is 11.9. The molecule has 0 aromatic heterocycles. The zero-order chi connectivity index (χ0) is 17.4. The Hall–Kier alpha value is -3.33. The fourth-order valence-electron chi connectivity index (χ4n) is 2.04. The SMILES string of the molecule is COc1ccc(CC(=O)N/N=C/c2ccc(C#N)cc2)cc1OC. The Balaban J connectivity index is 1.93. The lowest BCUT2D eigenvalue weighted by Crippen LogP contribution is -2.19. The lowest BCUT2D eigenvalue weighted by atomic mass is 10.1. The van der Waals surface area contributed by atoms with Gasteiger partial charge in [0.15, 0.2) is 11.5 Å². The number of hydrogen-bond acceptors (Lipinski definition) is 5. The van der Waals surface area contributed by atoms with Crippen LogP contribution in [0.5, 0.6) is 11.5 Å². The summed E-state index contributed by atoms with van der Waals surface area (Å²) in [6, 6.07) is 14.2. The van der Waals surface area contributed by atoms with Crippen LogP contribution in [0.2, 0.25) is 0 Å². The van der Waals surface area contributed by atoms with Gasteiger partial charge >= 0.3 is 0 Å². The van der Waals surface area contributed by atoms with Crippen LogP contribution in [0.25, 0.3) is 0 Å². The predicted octanol–water partition coefficient (Wildman–Crippen LogP) is 2.27. The lowest BCUT2D eigenvalue weighted by molar-refractivity contribution is -0.120. The maximum Gasteiger partial charge on any atom is 0.244 e. The van der Waals surface area contributed by atoms with Crippen molar-refractivity contribution in [2.45, 2.75) is 6.42 Å². The first-order valence-corrected chi connectivity index (χ1v) is 7.19. The van der Waals surface area contributed by atoms with Crippen LogP contribution in [0.4, 0.5) is 0 Å². The van der Waals surface area contributed by atoms with Crippen molar-refractivity contribution in [2.24, 2.45) is 5.10 Å². The van der Waals surface area contributed by atoms with Crippen LogP contribution in [-0.2, 0) is 11.2 Å². The molecule has 0 aliphatic rings. The number of hydrazone groups is 1. The summed E-state index contributed by atoms with van der Waals surface area (Å²) in [7, 11) is 3.10. The second-order valence-electron chi connectivity index (χ2n) is 4.89. The van der Waals surface area contributed by atoms with Crippen molar-refractivity contribution in [1.82, 2.24) is 5.43 Å². The number of nitriles is 1. The quantitative estimate of drug-likeness (QED) is 0.653. The maximum atomic E-state index is 11.9. The molecule has 2 aromatic rings. The van der Waals surface area contributed by atoms with Gasteiger partial charge in [-0.1, -0.05) is 18.2 Å². The summed E-state index contributed by atoms with van der Waals surface area (Å²) in [5.74, 6) is 0.941. The second-order valence-corrected chi connectivity index (χ2v) is 4.89. The number of amides is 1. The van der Waals surface area contributed by atoms with Crippen molar-refractivity contribution in [3.8, 4) is 17.6 Å². The van der Waals surface area contributed by atoms with Gasteiger partial charge in [0, 0.05) is 0 Å². The molecule has 0 heterocycles. The summed E-state index contributed by atoms with van der Waals surface area (Å²) in [5.41, 5.74) is 4.62. The number of carbonyl (C=O) groups excluding carboxylic acids is 1. The summed E-state index contributed by atoms with van der Waals surface area (Å²) < 4.78 is 10.4. The third-order valence-corrected chi connectivity index (χ3v) is 3.26. The highest BCUT2D eigenvalue weighted by molar-refractivity contribution is 5.83. The highest BCUT2D eigenvalue weighted by Crippen LogP contribution is 2.27. The van der Waals surface area contributed by atoms with E-state index >= 15 is 0 Å². The fourth-order valence-corrected chi connectivity index (χ4v) is 2.04. The Morgan fingerprint density at radius 1 is 1.17 bits per heavy atom. The van der Waals surface area contributed by atoms with Crippen molar-refractivity contribution >= 4 is 12.1 Å².